The number of aromatic nitrogens is 2. The van der Waals surface area contributed by atoms with Gasteiger partial charge in [0.25, 0.3) is 0 Å². The third kappa shape index (κ3) is 6.97. The second-order valence-corrected chi connectivity index (χ2v) is 8.36. The number of hydrogen-bond donors (Lipinski definition) is 2. The number of likely N-dealkylation sites (N-methyl/N-ethyl adjacent to an activating group) is 1. The van der Waals surface area contributed by atoms with Crippen LogP contribution in [0.3, 0.4) is 0 Å². The molecule has 34 heavy (non-hydrogen) atoms. The number of benzene rings is 2. The van der Waals surface area contributed by atoms with E-state index >= 15 is 0 Å². The fourth-order valence-electron chi connectivity index (χ4n) is 3.24. The van der Waals surface area contributed by atoms with Crippen LogP contribution in [0.2, 0.25) is 0 Å². The number of carbonyl (C=O) groups excluding carboxylic acids is 1. The highest BCUT2D eigenvalue weighted by atomic mass is 79.9. The molecule has 3 aromatic rings. The molecular weight excluding hydrogens is 502 g/mol. The van der Waals surface area contributed by atoms with E-state index in [-0.39, 0.29) is 12.2 Å². The second-order valence-electron chi connectivity index (χ2n) is 7.44. The molecule has 0 saturated carbocycles. The summed E-state index contributed by atoms with van der Waals surface area (Å²) < 4.78 is 16.8. The lowest BCUT2D eigenvalue weighted by Gasteiger charge is -2.20. The zero-order valence-corrected chi connectivity index (χ0v) is 21.1. The Morgan fingerprint density at radius 2 is 1.97 bits per heavy atom. The van der Waals surface area contributed by atoms with Gasteiger partial charge in [0.15, 0.2) is 6.29 Å². The second kappa shape index (κ2) is 12.4. The number of fused-ring (bicyclic) bond motifs is 1. The Balaban J connectivity index is 1.76. The van der Waals surface area contributed by atoms with E-state index in [0.29, 0.717) is 35.9 Å². The van der Waals surface area contributed by atoms with Crippen LogP contribution < -0.4 is 15.4 Å². The fraction of sp³-hybridized carbons (Fsp3) is 0.292. The average Bonchev–Trinajstić information content (AvgIpc) is 2.82. The van der Waals surface area contributed by atoms with Gasteiger partial charge in [0, 0.05) is 55.0 Å². The summed E-state index contributed by atoms with van der Waals surface area (Å²) in [6.07, 6.45) is 4.42. The first-order valence-electron chi connectivity index (χ1n) is 10.5. The van der Waals surface area contributed by atoms with Crippen LogP contribution in [0.25, 0.3) is 10.9 Å². The maximum absolute atomic E-state index is 12.6. The maximum atomic E-state index is 12.6. The number of halogens is 1. The molecule has 0 saturated heterocycles. The molecule has 2 aromatic carbocycles. The largest absolute Gasteiger partial charge is 0.494 e. The lowest BCUT2D eigenvalue weighted by atomic mass is 10.2. The standard InChI is InChI=1S/C24H28BrN5O4/c1-30(14-23(33-3)34-4)10-6-9-22(31)29-20-12-18-19(13-21(20)32-2)26-15-27-24(18)28-17-8-5-7-16(25)11-17/h5-9,11-13,15,23H,10,14H2,1-4H3,(H,29,31)(H,26,27,28)/b9-6+. The number of methoxy groups -OCH3 is 3. The summed E-state index contributed by atoms with van der Waals surface area (Å²) >= 11 is 3.47. The fourth-order valence-corrected chi connectivity index (χ4v) is 3.64. The number of carbonyl (C=O) groups is 1. The number of amides is 1. The van der Waals surface area contributed by atoms with Crippen molar-refractivity contribution in [1.29, 1.82) is 0 Å². The van der Waals surface area contributed by atoms with E-state index in [1.54, 1.807) is 39.5 Å². The van der Waals surface area contributed by atoms with Gasteiger partial charge >= 0.3 is 0 Å². The van der Waals surface area contributed by atoms with Crippen LogP contribution in [0.5, 0.6) is 5.75 Å². The summed E-state index contributed by atoms with van der Waals surface area (Å²) in [7, 11) is 6.64. The summed E-state index contributed by atoms with van der Waals surface area (Å²) in [5.74, 6) is 0.838. The van der Waals surface area contributed by atoms with E-state index < -0.39 is 0 Å². The molecule has 10 heteroatoms. The number of anilines is 3. The lowest BCUT2D eigenvalue weighted by molar-refractivity contribution is -0.112. The van der Waals surface area contributed by atoms with Crippen LogP contribution in [0.15, 0.2) is 59.4 Å². The number of nitrogens with zero attached hydrogens (tertiary/aromatic N) is 3. The molecule has 0 radical (unpaired) electrons. The Morgan fingerprint density at radius 3 is 2.68 bits per heavy atom. The quantitative estimate of drug-likeness (QED) is 0.282. The van der Waals surface area contributed by atoms with Crippen molar-refractivity contribution < 1.29 is 19.0 Å². The van der Waals surface area contributed by atoms with Gasteiger partial charge in [-0.25, -0.2) is 9.97 Å². The third-order valence-electron chi connectivity index (χ3n) is 4.97. The zero-order chi connectivity index (χ0) is 24.5. The number of nitrogens with one attached hydrogen (secondary N) is 2. The molecule has 0 aliphatic heterocycles. The van der Waals surface area contributed by atoms with Crippen molar-refractivity contribution in [3.05, 3.63) is 59.4 Å². The van der Waals surface area contributed by atoms with E-state index in [2.05, 4.69) is 36.5 Å². The van der Waals surface area contributed by atoms with Crippen LogP contribution in [0.4, 0.5) is 17.2 Å². The van der Waals surface area contributed by atoms with Crippen molar-refractivity contribution in [1.82, 2.24) is 14.9 Å². The van der Waals surface area contributed by atoms with Gasteiger partial charge in [-0.15, -0.1) is 0 Å². The molecule has 3 rings (SSSR count). The summed E-state index contributed by atoms with van der Waals surface area (Å²) in [5, 5.41) is 6.93. The highest BCUT2D eigenvalue weighted by Crippen LogP contribution is 2.33. The SMILES string of the molecule is COc1cc2ncnc(Nc3cccc(Br)c3)c2cc1NC(=O)/C=C/CN(C)CC(OC)OC. The van der Waals surface area contributed by atoms with Gasteiger partial charge in [0.05, 0.1) is 18.3 Å². The first-order valence-corrected chi connectivity index (χ1v) is 11.3. The minimum atomic E-state index is -0.323. The first-order chi connectivity index (χ1) is 16.4. The molecule has 0 aliphatic carbocycles. The molecule has 1 amide bonds. The minimum absolute atomic E-state index is 0.278. The first kappa shape index (κ1) is 25.6. The molecular formula is C24H28BrN5O4. The smallest absolute Gasteiger partial charge is 0.248 e. The van der Waals surface area contributed by atoms with E-state index in [9.17, 15) is 4.79 Å². The Hall–Kier alpha value is -3.05. The summed E-state index contributed by atoms with van der Waals surface area (Å²) in [5.41, 5.74) is 2.07. The lowest BCUT2D eigenvalue weighted by Crippen LogP contribution is -2.31. The predicted molar refractivity (Wildman–Crippen MR) is 137 cm³/mol. The van der Waals surface area contributed by atoms with E-state index in [1.165, 1.54) is 12.4 Å². The topological polar surface area (TPSA) is 97.8 Å². The van der Waals surface area contributed by atoms with Gasteiger partial charge < -0.3 is 24.8 Å². The van der Waals surface area contributed by atoms with Crippen LogP contribution in [0.1, 0.15) is 0 Å². The van der Waals surface area contributed by atoms with E-state index in [1.807, 2.05) is 36.2 Å². The van der Waals surface area contributed by atoms with Gasteiger partial charge in [0.2, 0.25) is 5.91 Å². The van der Waals surface area contributed by atoms with Crippen molar-refractivity contribution in [2.45, 2.75) is 6.29 Å². The van der Waals surface area contributed by atoms with Crippen molar-refractivity contribution >= 4 is 49.9 Å². The molecule has 180 valence electrons. The van der Waals surface area contributed by atoms with Crippen molar-refractivity contribution in [3.63, 3.8) is 0 Å². The van der Waals surface area contributed by atoms with E-state index in [4.69, 9.17) is 14.2 Å². The maximum Gasteiger partial charge on any atom is 0.248 e. The Labute approximate surface area is 207 Å². The Bertz CT molecular complexity index is 1150. The summed E-state index contributed by atoms with van der Waals surface area (Å²) in [4.78, 5) is 23.3. The van der Waals surface area contributed by atoms with Gasteiger partial charge in [-0.1, -0.05) is 28.1 Å². The van der Waals surface area contributed by atoms with E-state index in [0.717, 1.165) is 15.5 Å². The van der Waals surface area contributed by atoms with Crippen molar-refractivity contribution in [2.75, 3.05) is 52.1 Å². The number of rotatable bonds is 11. The molecule has 0 atom stereocenters. The molecule has 0 fully saturated rings. The minimum Gasteiger partial charge on any atom is -0.494 e. The van der Waals surface area contributed by atoms with Crippen LogP contribution in [-0.2, 0) is 14.3 Å². The third-order valence-corrected chi connectivity index (χ3v) is 5.47. The molecule has 0 unspecified atom stereocenters. The van der Waals surface area contributed by atoms with Gasteiger partial charge in [0.1, 0.15) is 17.9 Å². The van der Waals surface area contributed by atoms with Crippen LogP contribution in [-0.4, -0.2) is 68.5 Å². The molecule has 2 N–H and O–H groups in total. The number of ether oxygens (including phenoxy) is 3. The summed E-state index contributed by atoms with van der Waals surface area (Å²) in [6.45, 7) is 1.13. The summed E-state index contributed by atoms with van der Waals surface area (Å²) in [6, 6.07) is 11.3. The molecule has 1 aromatic heterocycles. The molecule has 0 spiro atoms. The van der Waals surface area contributed by atoms with Crippen LogP contribution in [0, 0.1) is 0 Å². The van der Waals surface area contributed by atoms with Crippen molar-refractivity contribution in [2.24, 2.45) is 0 Å². The highest BCUT2D eigenvalue weighted by Gasteiger charge is 2.13. The zero-order valence-electron chi connectivity index (χ0n) is 19.5. The monoisotopic (exact) mass is 529 g/mol. The Morgan fingerprint density at radius 1 is 1.18 bits per heavy atom. The molecule has 1 heterocycles. The van der Waals surface area contributed by atoms with Crippen LogP contribution >= 0.6 is 15.9 Å². The normalized spacial score (nSPS) is 11.5. The van der Waals surface area contributed by atoms with Crippen molar-refractivity contribution in [3.8, 4) is 5.75 Å². The molecule has 9 nitrogen and oxygen atoms in total. The highest BCUT2D eigenvalue weighted by molar-refractivity contribution is 9.10. The molecule has 0 bridgehead atoms. The average molecular weight is 530 g/mol. The van der Waals surface area contributed by atoms with Gasteiger partial charge in [-0.05, 0) is 31.3 Å². The van der Waals surface area contributed by atoms with Gasteiger partial charge in [-0.3, -0.25) is 9.69 Å². The molecule has 0 aliphatic rings. The Kier molecular flexibility index (Phi) is 9.34. The predicted octanol–water partition coefficient (Wildman–Crippen LogP) is 4.19. The van der Waals surface area contributed by atoms with Gasteiger partial charge in [-0.2, -0.15) is 0 Å². The number of hydrogen-bond acceptors (Lipinski definition) is 8.